The average Bonchev–Trinajstić information content (AvgIpc) is 2.39. The smallest absolute Gasteiger partial charge is 0.408 e. The highest BCUT2D eigenvalue weighted by atomic mass is 16.6. The van der Waals surface area contributed by atoms with Crippen LogP contribution in [0.3, 0.4) is 0 Å². The molecule has 0 aliphatic carbocycles. The van der Waals surface area contributed by atoms with Crippen molar-refractivity contribution >= 4 is 23.8 Å². The second-order valence-electron chi connectivity index (χ2n) is 5.36. The van der Waals surface area contributed by atoms with Crippen molar-refractivity contribution in [1.82, 2.24) is 21.3 Å². The number of alkyl carbamates (subject to hydrolysis) is 1. The van der Waals surface area contributed by atoms with E-state index in [1.165, 1.54) is 0 Å². The Labute approximate surface area is 129 Å². The molecule has 0 aromatic heterocycles. The van der Waals surface area contributed by atoms with E-state index in [0.29, 0.717) is 6.54 Å². The third-order valence-corrected chi connectivity index (χ3v) is 2.06. The molecule has 4 amide bonds. The molecular weight excluding hydrogens is 292 g/mol. The Morgan fingerprint density at radius 2 is 1.18 bits per heavy atom. The first kappa shape index (κ1) is 19.7. The van der Waals surface area contributed by atoms with Crippen LogP contribution in [0.5, 0.6) is 0 Å². The molecule has 0 aliphatic rings. The molecule has 0 bridgehead atoms. The summed E-state index contributed by atoms with van der Waals surface area (Å²) < 4.78 is 4.95. The molecule has 0 saturated heterocycles. The van der Waals surface area contributed by atoms with Gasteiger partial charge in [-0.1, -0.05) is 0 Å². The maximum Gasteiger partial charge on any atom is 0.408 e. The third-order valence-electron chi connectivity index (χ3n) is 2.06. The molecule has 126 valence electrons. The van der Waals surface area contributed by atoms with Crippen molar-refractivity contribution in [1.29, 1.82) is 0 Å². The fourth-order valence-electron chi connectivity index (χ4n) is 1.21. The van der Waals surface area contributed by atoms with Gasteiger partial charge in [-0.05, 0) is 27.7 Å². The normalized spacial score (nSPS) is 10.4. The number of hydrogen-bond donors (Lipinski definition) is 4. The molecule has 0 saturated carbocycles. The van der Waals surface area contributed by atoms with Gasteiger partial charge in [0.2, 0.25) is 17.7 Å². The highest BCUT2D eigenvalue weighted by molar-refractivity contribution is 5.89. The minimum absolute atomic E-state index is 0.154. The van der Waals surface area contributed by atoms with Gasteiger partial charge in [-0.25, -0.2) is 4.79 Å². The summed E-state index contributed by atoms with van der Waals surface area (Å²) in [4.78, 5) is 45.2. The maximum absolute atomic E-state index is 11.4. The molecule has 0 aliphatic heterocycles. The molecule has 0 aromatic rings. The lowest BCUT2D eigenvalue weighted by Crippen LogP contribution is -2.44. The van der Waals surface area contributed by atoms with Gasteiger partial charge in [0.05, 0.1) is 13.1 Å². The van der Waals surface area contributed by atoms with Crippen LogP contribution in [0.2, 0.25) is 0 Å². The summed E-state index contributed by atoms with van der Waals surface area (Å²) in [6.45, 7) is 6.59. The van der Waals surface area contributed by atoms with E-state index in [4.69, 9.17) is 4.74 Å². The number of likely N-dealkylation sites (N-methyl/N-ethyl adjacent to an activating group) is 1. The number of rotatable bonds is 7. The predicted molar refractivity (Wildman–Crippen MR) is 78.9 cm³/mol. The maximum atomic E-state index is 11.4. The topological polar surface area (TPSA) is 126 Å². The zero-order valence-electron chi connectivity index (χ0n) is 13.4. The standard InChI is InChI=1S/C13H24N4O5/c1-5-14-9(18)6-15-10(19)7-16-11(20)8-17-12(21)22-13(2,3)4/h5-8H2,1-4H3,(H,14,18)(H,15,19)(H,16,20)(H,17,21). The molecule has 22 heavy (non-hydrogen) atoms. The molecule has 0 spiro atoms. The summed E-state index contributed by atoms with van der Waals surface area (Å²) in [6, 6.07) is 0. The van der Waals surface area contributed by atoms with Crippen LogP contribution >= 0.6 is 0 Å². The SMILES string of the molecule is CCNC(=O)CNC(=O)CNC(=O)CNC(=O)OC(C)(C)C. The number of carbonyl (C=O) groups excluding carboxylic acids is 4. The summed E-state index contributed by atoms with van der Waals surface area (Å²) in [6.07, 6.45) is -0.719. The molecule has 0 aromatic carbocycles. The third kappa shape index (κ3) is 11.5. The van der Waals surface area contributed by atoms with Gasteiger partial charge < -0.3 is 26.0 Å². The molecule has 9 heteroatoms. The summed E-state index contributed by atoms with van der Waals surface area (Å²) in [5, 5.41) is 9.42. The van der Waals surface area contributed by atoms with Crippen LogP contribution in [0.1, 0.15) is 27.7 Å². The van der Waals surface area contributed by atoms with Crippen LogP contribution in [0.15, 0.2) is 0 Å². The molecule has 0 fully saturated rings. The van der Waals surface area contributed by atoms with Gasteiger partial charge >= 0.3 is 6.09 Å². The summed E-state index contributed by atoms with van der Waals surface area (Å²) >= 11 is 0. The highest BCUT2D eigenvalue weighted by Gasteiger charge is 2.16. The first-order chi connectivity index (χ1) is 10.1. The van der Waals surface area contributed by atoms with Crippen molar-refractivity contribution in [2.24, 2.45) is 0 Å². The van der Waals surface area contributed by atoms with Crippen LogP contribution in [0.4, 0.5) is 4.79 Å². The van der Waals surface area contributed by atoms with E-state index in [-0.39, 0.29) is 25.5 Å². The molecule has 0 rings (SSSR count). The molecule has 4 N–H and O–H groups in total. The van der Waals surface area contributed by atoms with Gasteiger partial charge in [0.1, 0.15) is 12.1 Å². The second kappa shape index (κ2) is 9.59. The van der Waals surface area contributed by atoms with Crippen molar-refractivity contribution in [2.75, 3.05) is 26.2 Å². The second-order valence-corrected chi connectivity index (χ2v) is 5.36. The first-order valence-electron chi connectivity index (χ1n) is 6.91. The molecule has 0 heterocycles. The van der Waals surface area contributed by atoms with Crippen molar-refractivity contribution in [2.45, 2.75) is 33.3 Å². The quantitative estimate of drug-likeness (QED) is 0.473. The summed E-state index contributed by atoms with van der Waals surface area (Å²) in [7, 11) is 0. The Bertz CT molecular complexity index is 417. The van der Waals surface area contributed by atoms with Crippen LogP contribution in [0, 0.1) is 0 Å². The lowest BCUT2D eigenvalue weighted by Gasteiger charge is -2.19. The monoisotopic (exact) mass is 316 g/mol. The minimum atomic E-state index is -0.719. The van der Waals surface area contributed by atoms with E-state index >= 15 is 0 Å². The van der Waals surface area contributed by atoms with Gasteiger partial charge in [-0.2, -0.15) is 0 Å². The van der Waals surface area contributed by atoms with Gasteiger partial charge in [-0.3, -0.25) is 14.4 Å². The van der Waals surface area contributed by atoms with E-state index in [2.05, 4.69) is 21.3 Å². The number of nitrogens with one attached hydrogen (secondary N) is 4. The number of hydrogen-bond acceptors (Lipinski definition) is 5. The Balaban J connectivity index is 3.83. The van der Waals surface area contributed by atoms with Gasteiger partial charge in [0.15, 0.2) is 0 Å². The van der Waals surface area contributed by atoms with Gasteiger partial charge in [-0.15, -0.1) is 0 Å². The zero-order valence-corrected chi connectivity index (χ0v) is 13.4. The minimum Gasteiger partial charge on any atom is -0.444 e. The largest absolute Gasteiger partial charge is 0.444 e. The molecule has 0 radical (unpaired) electrons. The lowest BCUT2D eigenvalue weighted by molar-refractivity contribution is -0.127. The fraction of sp³-hybridized carbons (Fsp3) is 0.692. The zero-order chi connectivity index (χ0) is 17.2. The molecule has 0 unspecified atom stereocenters. The summed E-state index contributed by atoms with van der Waals surface area (Å²) in [5.74, 6) is -1.36. The molecule has 0 atom stereocenters. The van der Waals surface area contributed by atoms with Crippen LogP contribution in [-0.4, -0.2) is 55.6 Å². The Morgan fingerprint density at radius 3 is 1.59 bits per heavy atom. The van der Waals surface area contributed by atoms with Crippen molar-refractivity contribution < 1.29 is 23.9 Å². The molecular formula is C13H24N4O5. The fourth-order valence-corrected chi connectivity index (χ4v) is 1.21. The highest BCUT2D eigenvalue weighted by Crippen LogP contribution is 2.05. The van der Waals surface area contributed by atoms with E-state index in [1.54, 1.807) is 27.7 Å². The average molecular weight is 316 g/mol. The number of amides is 4. The van der Waals surface area contributed by atoms with Crippen molar-refractivity contribution in [3.63, 3.8) is 0 Å². The van der Waals surface area contributed by atoms with Gasteiger partial charge in [0, 0.05) is 6.54 Å². The van der Waals surface area contributed by atoms with E-state index < -0.39 is 23.5 Å². The van der Waals surface area contributed by atoms with Gasteiger partial charge in [0.25, 0.3) is 0 Å². The van der Waals surface area contributed by atoms with E-state index in [0.717, 1.165) is 0 Å². The van der Waals surface area contributed by atoms with Crippen LogP contribution in [0.25, 0.3) is 0 Å². The van der Waals surface area contributed by atoms with Crippen LogP contribution < -0.4 is 21.3 Å². The Kier molecular flexibility index (Phi) is 8.58. The van der Waals surface area contributed by atoms with E-state index in [9.17, 15) is 19.2 Å². The van der Waals surface area contributed by atoms with Crippen LogP contribution in [-0.2, 0) is 19.1 Å². The van der Waals surface area contributed by atoms with Crippen molar-refractivity contribution in [3.05, 3.63) is 0 Å². The molecule has 9 nitrogen and oxygen atoms in total. The predicted octanol–water partition coefficient (Wildman–Crippen LogP) is -1.12. The van der Waals surface area contributed by atoms with Crippen molar-refractivity contribution in [3.8, 4) is 0 Å². The Hall–Kier alpha value is -2.32. The summed E-state index contributed by atoms with van der Waals surface area (Å²) in [5.41, 5.74) is -0.653. The van der Waals surface area contributed by atoms with E-state index in [1.807, 2.05) is 0 Å². The number of carbonyl (C=O) groups is 4. The lowest BCUT2D eigenvalue weighted by atomic mass is 10.2. The Morgan fingerprint density at radius 1 is 0.773 bits per heavy atom. The first-order valence-corrected chi connectivity index (χ1v) is 6.91. The number of ether oxygens (including phenoxy) is 1.